The van der Waals surface area contributed by atoms with Gasteiger partial charge >= 0.3 is 8.80 Å². The van der Waals surface area contributed by atoms with Gasteiger partial charge in [-0.05, 0) is 53.1 Å². The first kappa shape index (κ1) is 23.2. The Labute approximate surface area is 132 Å². The molecule has 0 saturated heterocycles. The van der Waals surface area contributed by atoms with Crippen molar-refractivity contribution in [1.82, 2.24) is 0 Å². The van der Waals surface area contributed by atoms with Crippen molar-refractivity contribution in [2.45, 2.75) is 52.1 Å². The summed E-state index contributed by atoms with van der Waals surface area (Å²) in [6.45, 7) is 12.7. The van der Waals surface area contributed by atoms with E-state index in [4.69, 9.17) is 30.5 Å². The highest BCUT2D eigenvalue weighted by Gasteiger charge is 2.39. The molecule has 129 valence electrons. The molecule has 0 saturated carbocycles. The minimum absolute atomic E-state index is 0.213. The summed E-state index contributed by atoms with van der Waals surface area (Å²) in [6.07, 6.45) is 2.58. The summed E-state index contributed by atoms with van der Waals surface area (Å²) in [5.41, 5.74) is 16.1. The van der Waals surface area contributed by atoms with Gasteiger partial charge in [-0.2, -0.15) is 0 Å². The van der Waals surface area contributed by atoms with Crippen molar-refractivity contribution < 1.29 is 13.3 Å². The molecule has 1 atom stereocenters. The Bertz CT molecular complexity index is 195. The zero-order chi connectivity index (χ0) is 16.6. The van der Waals surface area contributed by atoms with Crippen LogP contribution in [0, 0.1) is 6.92 Å². The van der Waals surface area contributed by atoms with Crippen LogP contribution in [0.4, 0.5) is 0 Å². The van der Waals surface area contributed by atoms with E-state index in [1.807, 2.05) is 20.8 Å². The predicted octanol–water partition coefficient (Wildman–Crippen LogP) is 1.27. The van der Waals surface area contributed by atoms with Gasteiger partial charge in [-0.3, -0.25) is 0 Å². The highest BCUT2D eigenvalue weighted by molar-refractivity contribution is 6.60. The van der Waals surface area contributed by atoms with Crippen molar-refractivity contribution in [1.29, 1.82) is 0 Å². The van der Waals surface area contributed by atoms with Crippen molar-refractivity contribution in [3.05, 3.63) is 6.92 Å². The smallest absolute Gasteiger partial charge is 0.374 e. The number of rotatable bonds is 12. The van der Waals surface area contributed by atoms with Crippen LogP contribution in [0.3, 0.4) is 0 Å². The van der Waals surface area contributed by atoms with Crippen LogP contribution >= 0.6 is 0 Å². The van der Waals surface area contributed by atoms with E-state index in [1.165, 1.54) is 0 Å². The van der Waals surface area contributed by atoms with Crippen LogP contribution in [0.2, 0.25) is 6.04 Å². The van der Waals surface area contributed by atoms with E-state index in [-0.39, 0.29) is 6.04 Å². The minimum atomic E-state index is -2.40. The second-order valence-electron chi connectivity index (χ2n) is 4.50. The molecule has 21 heavy (non-hydrogen) atoms. The van der Waals surface area contributed by atoms with Gasteiger partial charge in [0.15, 0.2) is 0 Å². The van der Waals surface area contributed by atoms with Gasteiger partial charge < -0.3 is 30.5 Å². The number of hydrogen-bond donors (Lipinski definition) is 3. The average Bonchev–Trinajstić information content (AvgIpc) is 2.47. The summed E-state index contributed by atoms with van der Waals surface area (Å²) in [6, 6.07) is 1.03. The normalized spacial score (nSPS) is 12.7. The Balaban J connectivity index is 0. The zero-order valence-corrected chi connectivity index (χ0v) is 15.1. The lowest BCUT2D eigenvalue weighted by molar-refractivity contribution is 0.0710. The molecule has 6 N–H and O–H groups in total. The summed E-state index contributed by atoms with van der Waals surface area (Å²) < 4.78 is 17.0. The molecule has 0 heterocycles. The Morgan fingerprint density at radius 2 is 1.43 bits per heavy atom. The van der Waals surface area contributed by atoms with Gasteiger partial charge in [0.25, 0.3) is 0 Å². The van der Waals surface area contributed by atoms with Gasteiger partial charge in [0.1, 0.15) is 0 Å². The van der Waals surface area contributed by atoms with Crippen LogP contribution in [0.1, 0.15) is 40.0 Å². The monoisotopic (exact) mass is 322 g/mol. The van der Waals surface area contributed by atoms with E-state index in [9.17, 15) is 0 Å². The third kappa shape index (κ3) is 13.4. The van der Waals surface area contributed by atoms with Gasteiger partial charge in [-0.25, -0.2) is 0 Å². The predicted molar refractivity (Wildman–Crippen MR) is 90.7 cm³/mol. The Hall–Kier alpha value is -0.0231. The molecule has 0 fully saturated rings. The number of nitrogens with two attached hydrogens (primary N) is 3. The summed E-state index contributed by atoms with van der Waals surface area (Å²) in [5.74, 6) is 0. The Kier molecular flexibility index (Phi) is 18.1. The second-order valence-corrected chi connectivity index (χ2v) is 7.23. The molecule has 0 bridgehead atoms. The summed E-state index contributed by atoms with van der Waals surface area (Å²) in [7, 11) is -2.40. The first-order valence-corrected chi connectivity index (χ1v) is 9.85. The molecule has 0 rings (SSSR count). The van der Waals surface area contributed by atoms with E-state index in [0.29, 0.717) is 32.9 Å². The third-order valence-corrected chi connectivity index (χ3v) is 5.84. The maximum Gasteiger partial charge on any atom is 0.500 e. The van der Waals surface area contributed by atoms with Gasteiger partial charge in [-0.1, -0.05) is 6.92 Å². The minimum Gasteiger partial charge on any atom is -0.374 e. The fourth-order valence-corrected chi connectivity index (χ4v) is 4.32. The molecule has 1 radical (unpaired) electrons. The van der Waals surface area contributed by atoms with Crippen molar-refractivity contribution in [3.8, 4) is 0 Å². The standard InChI is InChI=1S/C9H23NO3Si.C5H13N2/c1-4-11-14(12-5-2,13-6-3)9-7-8-10;1-2-5(7)3-4-6/h4-10H2,1-3H3;5H,1-4,6-7H2. The van der Waals surface area contributed by atoms with Crippen molar-refractivity contribution in [2.75, 3.05) is 32.9 Å². The molecule has 0 aliphatic rings. The van der Waals surface area contributed by atoms with Crippen molar-refractivity contribution in [3.63, 3.8) is 0 Å². The third-order valence-electron chi connectivity index (χ3n) is 2.69. The summed E-state index contributed by atoms with van der Waals surface area (Å²) in [4.78, 5) is 0. The van der Waals surface area contributed by atoms with Crippen LogP contribution in [-0.4, -0.2) is 47.8 Å². The molecule has 0 spiro atoms. The Morgan fingerprint density at radius 3 is 1.67 bits per heavy atom. The topological polar surface area (TPSA) is 106 Å². The van der Waals surface area contributed by atoms with Crippen LogP contribution in [-0.2, 0) is 13.3 Å². The van der Waals surface area contributed by atoms with Gasteiger partial charge in [0, 0.05) is 31.9 Å². The molecule has 0 aliphatic carbocycles. The fourth-order valence-electron chi connectivity index (χ4n) is 1.68. The van der Waals surface area contributed by atoms with Crippen LogP contribution < -0.4 is 17.2 Å². The highest BCUT2D eigenvalue weighted by atomic mass is 28.4. The molecule has 0 aromatic heterocycles. The lowest BCUT2D eigenvalue weighted by Crippen LogP contribution is -2.46. The molecular formula is C14H36N3O3Si. The van der Waals surface area contributed by atoms with Gasteiger partial charge in [0.2, 0.25) is 0 Å². The lowest BCUT2D eigenvalue weighted by Gasteiger charge is -2.28. The van der Waals surface area contributed by atoms with E-state index in [1.54, 1.807) is 0 Å². The molecule has 1 unspecified atom stereocenters. The van der Waals surface area contributed by atoms with Crippen LogP contribution in [0.15, 0.2) is 0 Å². The number of hydrogen-bond acceptors (Lipinski definition) is 6. The van der Waals surface area contributed by atoms with Crippen molar-refractivity contribution >= 4 is 8.80 Å². The fraction of sp³-hybridized carbons (Fsp3) is 0.929. The Morgan fingerprint density at radius 1 is 0.952 bits per heavy atom. The van der Waals surface area contributed by atoms with E-state index in [0.717, 1.165) is 25.3 Å². The quantitative estimate of drug-likeness (QED) is 0.467. The molecular weight excluding hydrogens is 286 g/mol. The molecule has 0 aliphatic heterocycles. The van der Waals surface area contributed by atoms with Gasteiger partial charge in [-0.15, -0.1) is 0 Å². The SMILES string of the molecule is CCO[Si](CCCN)(OCC)OCC.[CH2]CC(N)CCN. The van der Waals surface area contributed by atoms with E-state index in [2.05, 4.69) is 6.92 Å². The first-order chi connectivity index (χ1) is 10.1. The molecule has 7 heteroatoms. The van der Waals surface area contributed by atoms with Gasteiger partial charge in [0.05, 0.1) is 0 Å². The van der Waals surface area contributed by atoms with Crippen LogP contribution in [0.25, 0.3) is 0 Å². The summed E-state index contributed by atoms with van der Waals surface area (Å²) in [5, 5.41) is 0. The highest BCUT2D eigenvalue weighted by Crippen LogP contribution is 2.17. The maximum atomic E-state index is 5.65. The van der Waals surface area contributed by atoms with E-state index < -0.39 is 8.80 Å². The summed E-state index contributed by atoms with van der Waals surface area (Å²) >= 11 is 0. The molecule has 0 amide bonds. The first-order valence-electron chi connectivity index (χ1n) is 7.92. The van der Waals surface area contributed by atoms with Crippen LogP contribution in [0.5, 0.6) is 0 Å². The molecule has 0 aromatic rings. The average molecular weight is 323 g/mol. The lowest BCUT2D eigenvalue weighted by atomic mass is 10.2. The molecule has 6 nitrogen and oxygen atoms in total. The maximum absolute atomic E-state index is 5.65. The van der Waals surface area contributed by atoms with Crippen molar-refractivity contribution in [2.24, 2.45) is 17.2 Å². The second kappa shape index (κ2) is 16.3. The molecule has 0 aromatic carbocycles. The zero-order valence-electron chi connectivity index (χ0n) is 14.1. The largest absolute Gasteiger partial charge is 0.500 e. The van der Waals surface area contributed by atoms with E-state index >= 15 is 0 Å².